The van der Waals surface area contributed by atoms with Gasteiger partial charge in [0.2, 0.25) is 0 Å². The minimum atomic E-state index is 0.885. The molecule has 2 rings (SSSR count). The Hall–Kier alpha value is -1.32. The maximum atomic E-state index is 4.67. The third-order valence-corrected chi connectivity index (χ3v) is 3.51. The summed E-state index contributed by atoms with van der Waals surface area (Å²) in [5, 5.41) is 3.13. The van der Waals surface area contributed by atoms with Crippen molar-refractivity contribution < 1.29 is 0 Å². The van der Waals surface area contributed by atoms with Gasteiger partial charge in [-0.05, 0) is 12.8 Å². The van der Waals surface area contributed by atoms with Crippen molar-refractivity contribution in [2.75, 3.05) is 30.4 Å². The molecule has 0 atom stereocenters. The molecule has 0 bridgehead atoms. The maximum absolute atomic E-state index is 4.67. The highest BCUT2D eigenvalue weighted by Crippen LogP contribution is 2.20. The molecule has 1 N–H and O–H groups in total. The molecule has 1 saturated heterocycles. The Bertz CT molecular complexity index is 348. The fourth-order valence-corrected chi connectivity index (χ4v) is 2.41. The van der Waals surface area contributed by atoms with Gasteiger partial charge in [0.25, 0.3) is 0 Å². The molecule has 1 aromatic rings. The molecule has 0 amide bonds. The molecule has 4 nitrogen and oxygen atoms in total. The third kappa shape index (κ3) is 3.34. The summed E-state index contributed by atoms with van der Waals surface area (Å²) in [7, 11) is 1.92. The van der Waals surface area contributed by atoms with E-state index in [1.165, 1.54) is 32.1 Å². The Morgan fingerprint density at radius 3 is 2.39 bits per heavy atom. The monoisotopic (exact) mass is 248 g/mol. The normalized spacial score (nSPS) is 17.1. The summed E-state index contributed by atoms with van der Waals surface area (Å²) in [6.45, 7) is 4.36. The van der Waals surface area contributed by atoms with Gasteiger partial charge in [0, 0.05) is 32.6 Å². The number of aromatic nitrogens is 2. The number of nitrogens with one attached hydrogen (secondary N) is 1. The molecule has 0 spiro atoms. The van der Waals surface area contributed by atoms with E-state index in [2.05, 4.69) is 33.2 Å². The van der Waals surface area contributed by atoms with Crippen molar-refractivity contribution in [3.8, 4) is 0 Å². The number of hydrogen-bond donors (Lipinski definition) is 1. The Morgan fingerprint density at radius 2 is 1.78 bits per heavy atom. The minimum Gasteiger partial charge on any atom is -0.373 e. The smallest absolute Gasteiger partial charge is 0.134 e. The molecule has 4 heteroatoms. The summed E-state index contributed by atoms with van der Waals surface area (Å²) in [6.07, 6.45) is 7.53. The quantitative estimate of drug-likeness (QED) is 0.893. The van der Waals surface area contributed by atoms with Gasteiger partial charge < -0.3 is 10.2 Å². The van der Waals surface area contributed by atoms with Crippen molar-refractivity contribution in [3.63, 3.8) is 0 Å². The third-order valence-electron chi connectivity index (χ3n) is 3.51. The highest BCUT2D eigenvalue weighted by Gasteiger charge is 2.12. The van der Waals surface area contributed by atoms with Crippen molar-refractivity contribution in [1.82, 2.24) is 9.97 Å². The van der Waals surface area contributed by atoms with Gasteiger partial charge in [-0.1, -0.05) is 26.2 Å². The maximum Gasteiger partial charge on any atom is 0.134 e. The second-order valence-electron chi connectivity index (χ2n) is 4.89. The lowest BCUT2D eigenvalue weighted by Gasteiger charge is -2.26. The van der Waals surface area contributed by atoms with Crippen LogP contribution in [0.25, 0.3) is 0 Å². The summed E-state index contributed by atoms with van der Waals surface area (Å²) < 4.78 is 0. The molecule has 1 aliphatic rings. The summed E-state index contributed by atoms with van der Waals surface area (Å²) in [6, 6.07) is 2.07. The van der Waals surface area contributed by atoms with E-state index < -0.39 is 0 Å². The molecule has 0 aliphatic carbocycles. The van der Waals surface area contributed by atoms with Crippen molar-refractivity contribution in [3.05, 3.63) is 11.9 Å². The highest BCUT2D eigenvalue weighted by molar-refractivity contribution is 5.49. The fourth-order valence-electron chi connectivity index (χ4n) is 2.41. The van der Waals surface area contributed by atoms with Crippen molar-refractivity contribution in [1.29, 1.82) is 0 Å². The van der Waals surface area contributed by atoms with E-state index in [0.717, 1.165) is 37.0 Å². The molecule has 0 aromatic carbocycles. The Labute approximate surface area is 110 Å². The van der Waals surface area contributed by atoms with Crippen molar-refractivity contribution in [2.45, 2.75) is 45.4 Å². The van der Waals surface area contributed by atoms with Crippen LogP contribution >= 0.6 is 0 Å². The average Bonchev–Trinajstić information content (AvgIpc) is 2.37. The first-order valence-electron chi connectivity index (χ1n) is 7.14. The summed E-state index contributed by atoms with van der Waals surface area (Å²) >= 11 is 0. The molecule has 100 valence electrons. The lowest BCUT2D eigenvalue weighted by molar-refractivity contribution is 0.553. The fraction of sp³-hybridized carbons (Fsp3) is 0.714. The van der Waals surface area contributed by atoms with Crippen LogP contribution in [0.4, 0.5) is 11.6 Å². The largest absolute Gasteiger partial charge is 0.373 e. The van der Waals surface area contributed by atoms with Gasteiger partial charge in [0.05, 0.1) is 0 Å². The molecular formula is C14H24N4. The van der Waals surface area contributed by atoms with Gasteiger partial charge >= 0.3 is 0 Å². The van der Waals surface area contributed by atoms with Gasteiger partial charge in [-0.25, -0.2) is 9.97 Å². The molecule has 1 aliphatic heterocycles. The second-order valence-corrected chi connectivity index (χ2v) is 4.89. The number of anilines is 2. The molecule has 1 aromatic heterocycles. The molecule has 1 fully saturated rings. The van der Waals surface area contributed by atoms with E-state index in [1.54, 1.807) is 0 Å². The zero-order valence-corrected chi connectivity index (χ0v) is 11.6. The average molecular weight is 248 g/mol. The Kier molecular flexibility index (Phi) is 4.79. The molecule has 0 radical (unpaired) electrons. The second kappa shape index (κ2) is 6.57. The summed E-state index contributed by atoms with van der Waals surface area (Å²) in [5.41, 5.74) is 0. The minimum absolute atomic E-state index is 0.885. The van der Waals surface area contributed by atoms with Gasteiger partial charge in [0.1, 0.15) is 17.5 Å². The van der Waals surface area contributed by atoms with Crippen LogP contribution < -0.4 is 10.2 Å². The molecule has 2 heterocycles. The standard InChI is InChI=1S/C14H24N4/c1-3-12-16-13(15-2)11-14(17-12)18-9-7-5-4-6-8-10-18/h11H,3-10H2,1-2H3,(H,15,16,17). The number of rotatable bonds is 3. The zero-order valence-electron chi connectivity index (χ0n) is 11.6. The molecule has 18 heavy (non-hydrogen) atoms. The van der Waals surface area contributed by atoms with Crippen LogP contribution in [0.2, 0.25) is 0 Å². The van der Waals surface area contributed by atoms with E-state index in [0.29, 0.717) is 0 Å². The van der Waals surface area contributed by atoms with Crippen LogP contribution in [-0.4, -0.2) is 30.1 Å². The van der Waals surface area contributed by atoms with Crippen molar-refractivity contribution >= 4 is 11.6 Å². The predicted octanol–water partition coefficient (Wildman–Crippen LogP) is 2.85. The Morgan fingerprint density at radius 1 is 1.11 bits per heavy atom. The highest BCUT2D eigenvalue weighted by atomic mass is 15.2. The SMILES string of the molecule is CCc1nc(NC)cc(N2CCCCCCC2)n1. The number of aryl methyl sites for hydroxylation is 1. The van der Waals surface area contributed by atoms with E-state index in [4.69, 9.17) is 0 Å². The Balaban J connectivity index is 2.18. The van der Waals surface area contributed by atoms with Crippen LogP contribution in [0, 0.1) is 0 Å². The zero-order chi connectivity index (χ0) is 12.8. The van der Waals surface area contributed by atoms with Crippen LogP contribution in [0.5, 0.6) is 0 Å². The number of nitrogens with zero attached hydrogens (tertiary/aromatic N) is 3. The first-order valence-corrected chi connectivity index (χ1v) is 7.14. The summed E-state index contributed by atoms with van der Waals surface area (Å²) in [5.74, 6) is 2.95. The molecular weight excluding hydrogens is 224 g/mol. The first kappa shape index (κ1) is 13.1. The molecule has 0 unspecified atom stereocenters. The van der Waals surface area contributed by atoms with Gasteiger partial charge in [-0.15, -0.1) is 0 Å². The first-order chi connectivity index (χ1) is 8.83. The summed E-state index contributed by atoms with van der Waals surface area (Å²) in [4.78, 5) is 11.5. The lowest BCUT2D eigenvalue weighted by Crippen LogP contribution is -2.28. The van der Waals surface area contributed by atoms with Crippen LogP contribution in [-0.2, 0) is 6.42 Å². The van der Waals surface area contributed by atoms with Gasteiger partial charge in [0.15, 0.2) is 0 Å². The van der Waals surface area contributed by atoms with E-state index >= 15 is 0 Å². The topological polar surface area (TPSA) is 41.1 Å². The van der Waals surface area contributed by atoms with Gasteiger partial charge in [-0.3, -0.25) is 0 Å². The van der Waals surface area contributed by atoms with E-state index in [1.807, 2.05) is 7.05 Å². The van der Waals surface area contributed by atoms with Gasteiger partial charge in [-0.2, -0.15) is 0 Å². The van der Waals surface area contributed by atoms with E-state index in [9.17, 15) is 0 Å². The molecule has 0 saturated carbocycles. The van der Waals surface area contributed by atoms with Crippen LogP contribution in [0.3, 0.4) is 0 Å². The van der Waals surface area contributed by atoms with Crippen LogP contribution in [0.1, 0.15) is 44.9 Å². The van der Waals surface area contributed by atoms with Crippen molar-refractivity contribution in [2.24, 2.45) is 0 Å². The predicted molar refractivity (Wildman–Crippen MR) is 76.3 cm³/mol. The van der Waals surface area contributed by atoms with Crippen LogP contribution in [0.15, 0.2) is 6.07 Å². The van der Waals surface area contributed by atoms with E-state index in [-0.39, 0.29) is 0 Å². The lowest BCUT2D eigenvalue weighted by atomic mass is 10.1. The number of hydrogen-bond acceptors (Lipinski definition) is 4.